The Labute approximate surface area is 109 Å². The van der Waals surface area contributed by atoms with Gasteiger partial charge in [0, 0.05) is 13.0 Å². The summed E-state index contributed by atoms with van der Waals surface area (Å²) in [7, 11) is 0. The molecule has 1 atom stereocenters. The number of carboxylic acids is 1. The van der Waals surface area contributed by atoms with Crippen LogP contribution in [0.5, 0.6) is 0 Å². The zero-order valence-electron chi connectivity index (χ0n) is 9.96. The third-order valence-corrected chi connectivity index (χ3v) is 2.28. The van der Waals surface area contributed by atoms with Gasteiger partial charge in [-0.15, -0.1) is 0 Å². The summed E-state index contributed by atoms with van der Waals surface area (Å²) in [5.74, 6) is -1.34. The predicted molar refractivity (Wildman–Crippen MR) is 66.4 cm³/mol. The molecule has 7 nitrogen and oxygen atoms in total. The zero-order chi connectivity index (χ0) is 14.3. The lowest BCUT2D eigenvalue weighted by molar-refractivity contribution is -0.146. The number of aliphatic carboxylic acids is 1. The molecule has 1 aromatic carbocycles. The van der Waals surface area contributed by atoms with Crippen LogP contribution in [0.4, 0.5) is 10.5 Å². The van der Waals surface area contributed by atoms with Crippen molar-refractivity contribution in [2.24, 2.45) is 0 Å². The molecule has 7 heteroatoms. The maximum Gasteiger partial charge on any atom is 0.332 e. The highest BCUT2D eigenvalue weighted by Gasteiger charge is 2.13. The van der Waals surface area contributed by atoms with E-state index in [9.17, 15) is 9.59 Å². The van der Waals surface area contributed by atoms with Crippen LogP contribution >= 0.6 is 0 Å². The third-order valence-electron chi connectivity index (χ3n) is 2.28. The van der Waals surface area contributed by atoms with E-state index >= 15 is 0 Å². The van der Waals surface area contributed by atoms with Crippen molar-refractivity contribution < 1.29 is 19.8 Å². The molecule has 0 spiro atoms. The van der Waals surface area contributed by atoms with E-state index in [1.54, 1.807) is 24.3 Å². The first kappa shape index (κ1) is 14.5. The lowest BCUT2D eigenvalue weighted by Gasteiger charge is -2.09. The van der Waals surface area contributed by atoms with Gasteiger partial charge in [0.1, 0.15) is 6.07 Å². The summed E-state index contributed by atoms with van der Waals surface area (Å²) < 4.78 is 0. The van der Waals surface area contributed by atoms with Gasteiger partial charge < -0.3 is 20.8 Å². The highest BCUT2D eigenvalue weighted by Crippen LogP contribution is 2.12. The van der Waals surface area contributed by atoms with Gasteiger partial charge in [-0.2, -0.15) is 5.26 Å². The number of carbonyl (C=O) groups is 2. The minimum atomic E-state index is -1.51. The first-order valence-electron chi connectivity index (χ1n) is 5.49. The molecule has 2 amide bonds. The van der Waals surface area contributed by atoms with Gasteiger partial charge in [0.15, 0.2) is 6.10 Å². The Kier molecular flexibility index (Phi) is 5.32. The number of carbonyl (C=O) groups excluding carboxylic acids is 1. The van der Waals surface area contributed by atoms with Crippen LogP contribution in [-0.4, -0.2) is 34.9 Å². The van der Waals surface area contributed by atoms with Crippen molar-refractivity contribution in [2.45, 2.75) is 12.5 Å². The Bertz CT molecular complexity index is 510. The summed E-state index contributed by atoms with van der Waals surface area (Å²) in [6.07, 6.45) is -1.60. The number of para-hydroxylation sites is 1. The number of hydrogen-bond acceptors (Lipinski definition) is 4. The van der Waals surface area contributed by atoms with Crippen molar-refractivity contribution in [1.82, 2.24) is 5.32 Å². The van der Waals surface area contributed by atoms with Gasteiger partial charge in [-0.05, 0) is 12.1 Å². The van der Waals surface area contributed by atoms with Crippen molar-refractivity contribution in [3.63, 3.8) is 0 Å². The Morgan fingerprint density at radius 2 is 2.05 bits per heavy atom. The minimum absolute atomic E-state index is 0.00796. The van der Waals surface area contributed by atoms with Gasteiger partial charge in [-0.3, -0.25) is 0 Å². The maximum atomic E-state index is 11.5. The number of benzene rings is 1. The molecule has 0 aliphatic heterocycles. The third kappa shape index (κ3) is 4.65. The number of nitrogens with zero attached hydrogens (tertiary/aromatic N) is 1. The number of amides is 2. The number of urea groups is 1. The summed E-state index contributed by atoms with van der Waals surface area (Å²) in [5.41, 5.74) is 0.685. The summed E-state index contributed by atoms with van der Waals surface area (Å²) in [4.78, 5) is 21.8. The normalized spacial score (nSPS) is 11.2. The van der Waals surface area contributed by atoms with Gasteiger partial charge >= 0.3 is 12.0 Å². The lowest BCUT2D eigenvalue weighted by atomic mass is 10.2. The second-order valence-electron chi connectivity index (χ2n) is 3.68. The van der Waals surface area contributed by atoms with E-state index < -0.39 is 18.1 Å². The van der Waals surface area contributed by atoms with Gasteiger partial charge in [0.25, 0.3) is 0 Å². The molecule has 0 radical (unpaired) electrons. The van der Waals surface area contributed by atoms with E-state index in [4.69, 9.17) is 15.5 Å². The van der Waals surface area contributed by atoms with E-state index in [0.717, 1.165) is 0 Å². The first-order valence-corrected chi connectivity index (χ1v) is 5.49. The number of nitriles is 1. The molecule has 19 heavy (non-hydrogen) atoms. The van der Waals surface area contributed by atoms with E-state index in [0.29, 0.717) is 11.3 Å². The largest absolute Gasteiger partial charge is 0.479 e. The average Bonchev–Trinajstić information content (AvgIpc) is 2.39. The Morgan fingerprint density at radius 3 is 2.68 bits per heavy atom. The second-order valence-corrected chi connectivity index (χ2v) is 3.68. The standard InChI is InChI=1S/C12H13N3O4/c13-7-8-3-1-2-4-9(8)15-12(19)14-6-5-10(16)11(17)18/h1-4,10,16H,5-6H2,(H,17,18)(H2,14,15,19). The van der Waals surface area contributed by atoms with Crippen LogP contribution in [0.2, 0.25) is 0 Å². The zero-order valence-corrected chi connectivity index (χ0v) is 9.96. The van der Waals surface area contributed by atoms with Crippen LogP contribution in [0.15, 0.2) is 24.3 Å². The molecule has 1 aromatic rings. The lowest BCUT2D eigenvalue weighted by Crippen LogP contribution is -2.33. The highest BCUT2D eigenvalue weighted by atomic mass is 16.4. The quantitative estimate of drug-likeness (QED) is 0.616. The molecule has 0 saturated heterocycles. The predicted octanol–water partition coefficient (Wildman–Crippen LogP) is 0.515. The average molecular weight is 263 g/mol. The summed E-state index contributed by atoms with van der Waals surface area (Å²) >= 11 is 0. The fourth-order valence-corrected chi connectivity index (χ4v) is 1.30. The van der Waals surface area contributed by atoms with Gasteiger partial charge in [0.05, 0.1) is 11.3 Å². The van der Waals surface area contributed by atoms with E-state index in [1.165, 1.54) is 0 Å². The number of carboxylic acid groups (broad SMARTS) is 1. The number of anilines is 1. The number of nitrogens with one attached hydrogen (secondary N) is 2. The summed E-state index contributed by atoms with van der Waals surface area (Å²) in [6.45, 7) is 0.00796. The van der Waals surface area contributed by atoms with E-state index in [1.807, 2.05) is 6.07 Å². The van der Waals surface area contributed by atoms with Crippen LogP contribution in [0.1, 0.15) is 12.0 Å². The maximum absolute atomic E-state index is 11.5. The molecule has 0 bridgehead atoms. The molecule has 0 fully saturated rings. The highest BCUT2D eigenvalue weighted by molar-refractivity contribution is 5.90. The molecule has 1 rings (SSSR count). The monoisotopic (exact) mass is 263 g/mol. The van der Waals surface area contributed by atoms with Crippen molar-refractivity contribution in [1.29, 1.82) is 5.26 Å². The van der Waals surface area contributed by atoms with Crippen molar-refractivity contribution in [3.05, 3.63) is 29.8 Å². The number of rotatable bonds is 5. The van der Waals surface area contributed by atoms with Crippen molar-refractivity contribution >= 4 is 17.7 Å². The van der Waals surface area contributed by atoms with Gasteiger partial charge in [-0.25, -0.2) is 9.59 Å². The Hall–Kier alpha value is -2.59. The van der Waals surface area contributed by atoms with Crippen LogP contribution in [0.3, 0.4) is 0 Å². The van der Waals surface area contributed by atoms with Crippen LogP contribution in [0, 0.1) is 11.3 Å². The smallest absolute Gasteiger partial charge is 0.332 e. The van der Waals surface area contributed by atoms with Gasteiger partial charge in [-0.1, -0.05) is 12.1 Å². The molecule has 0 aromatic heterocycles. The molecule has 100 valence electrons. The number of aliphatic hydroxyl groups is 1. The topological polar surface area (TPSA) is 122 Å². The number of hydrogen-bond donors (Lipinski definition) is 4. The Balaban J connectivity index is 2.44. The van der Waals surface area contributed by atoms with Crippen LogP contribution in [0.25, 0.3) is 0 Å². The molecular formula is C12H13N3O4. The summed E-state index contributed by atoms with van der Waals surface area (Å²) in [6, 6.07) is 7.84. The van der Waals surface area contributed by atoms with Crippen molar-refractivity contribution in [2.75, 3.05) is 11.9 Å². The van der Waals surface area contributed by atoms with E-state index in [2.05, 4.69) is 10.6 Å². The minimum Gasteiger partial charge on any atom is -0.479 e. The number of aliphatic hydroxyl groups excluding tert-OH is 1. The fourth-order valence-electron chi connectivity index (χ4n) is 1.30. The van der Waals surface area contributed by atoms with Crippen molar-refractivity contribution in [3.8, 4) is 6.07 Å². The molecule has 0 heterocycles. The molecule has 0 saturated carbocycles. The van der Waals surface area contributed by atoms with Crippen LogP contribution < -0.4 is 10.6 Å². The second kappa shape index (κ2) is 6.98. The van der Waals surface area contributed by atoms with Gasteiger partial charge in [0.2, 0.25) is 0 Å². The molecular weight excluding hydrogens is 250 g/mol. The molecule has 1 unspecified atom stereocenters. The van der Waals surface area contributed by atoms with E-state index in [-0.39, 0.29) is 13.0 Å². The first-order chi connectivity index (χ1) is 9.04. The molecule has 0 aliphatic carbocycles. The Morgan fingerprint density at radius 1 is 1.37 bits per heavy atom. The van der Waals surface area contributed by atoms with Crippen LogP contribution in [-0.2, 0) is 4.79 Å². The fraction of sp³-hybridized carbons (Fsp3) is 0.250. The molecule has 4 N–H and O–H groups in total. The SMILES string of the molecule is N#Cc1ccccc1NC(=O)NCCC(O)C(=O)O. The molecule has 0 aliphatic rings. The summed E-state index contributed by atoms with van der Waals surface area (Å²) in [5, 5.41) is 31.1.